The van der Waals surface area contributed by atoms with Crippen molar-refractivity contribution in [3.05, 3.63) is 66.6 Å². The minimum Gasteiger partial charge on any atom is -0.492 e. The number of hydrogen-bond acceptors (Lipinski definition) is 3. The number of fused-ring (bicyclic) bond motifs is 2. The molecule has 0 saturated heterocycles. The second-order valence-electron chi connectivity index (χ2n) is 6.14. The van der Waals surface area contributed by atoms with Crippen LogP contribution >= 0.6 is 0 Å². The van der Waals surface area contributed by atoms with E-state index in [1.54, 1.807) is 7.11 Å². The van der Waals surface area contributed by atoms with Crippen LogP contribution in [0.5, 0.6) is 5.75 Å². The third-order valence-corrected chi connectivity index (χ3v) is 4.50. The smallest absolute Gasteiger partial charge is 0.290 e. The van der Waals surface area contributed by atoms with Crippen LogP contribution in [0.25, 0.3) is 21.9 Å². The van der Waals surface area contributed by atoms with Crippen LogP contribution in [0, 0.1) is 0 Å². The van der Waals surface area contributed by atoms with Gasteiger partial charge in [-0.25, -0.2) is 0 Å². The molecule has 0 aliphatic carbocycles. The Hall–Kier alpha value is -3.21. The average Bonchev–Trinajstić information content (AvgIpc) is 3.26. The number of hydrogen-bond donors (Lipinski definition) is 1. The Labute approximate surface area is 151 Å². The zero-order chi connectivity index (χ0) is 17.9. The fourth-order valence-electron chi connectivity index (χ4n) is 3.24. The van der Waals surface area contributed by atoms with Gasteiger partial charge in [-0.05, 0) is 36.1 Å². The number of amides is 1. The predicted octanol–water partition coefficient (Wildman–Crippen LogP) is 4.22. The predicted molar refractivity (Wildman–Crippen MR) is 102 cm³/mol. The van der Waals surface area contributed by atoms with Gasteiger partial charge in [-0.3, -0.25) is 4.79 Å². The van der Waals surface area contributed by atoms with Gasteiger partial charge in [-0.15, -0.1) is 0 Å². The van der Waals surface area contributed by atoms with Crippen molar-refractivity contribution in [1.29, 1.82) is 0 Å². The molecule has 0 aliphatic rings. The van der Waals surface area contributed by atoms with Gasteiger partial charge >= 0.3 is 0 Å². The van der Waals surface area contributed by atoms with Crippen LogP contribution in [0.4, 0.5) is 0 Å². The van der Waals surface area contributed by atoms with Crippen LogP contribution in [-0.4, -0.2) is 24.1 Å². The van der Waals surface area contributed by atoms with E-state index in [9.17, 15) is 4.79 Å². The number of nitrogens with zero attached hydrogens (tertiary/aromatic N) is 1. The zero-order valence-electron chi connectivity index (χ0n) is 14.6. The Morgan fingerprint density at radius 3 is 2.81 bits per heavy atom. The summed E-state index contributed by atoms with van der Waals surface area (Å²) in [5.74, 6) is 0.449. The average molecular weight is 348 g/mol. The van der Waals surface area contributed by atoms with Crippen molar-refractivity contribution in [1.82, 2.24) is 9.88 Å². The van der Waals surface area contributed by atoms with Crippen LogP contribution < -0.4 is 10.1 Å². The molecule has 132 valence electrons. The Morgan fingerprint density at radius 2 is 1.92 bits per heavy atom. The zero-order valence-corrected chi connectivity index (χ0v) is 14.6. The molecule has 26 heavy (non-hydrogen) atoms. The van der Waals surface area contributed by atoms with Crippen molar-refractivity contribution in [2.45, 2.75) is 13.0 Å². The van der Waals surface area contributed by atoms with E-state index >= 15 is 0 Å². The summed E-state index contributed by atoms with van der Waals surface area (Å²) in [4.78, 5) is 12.5. The summed E-state index contributed by atoms with van der Waals surface area (Å²) in [6, 6.07) is 17.8. The van der Waals surface area contributed by atoms with E-state index in [1.807, 2.05) is 36.4 Å². The number of ether oxygens (including phenoxy) is 1. The van der Waals surface area contributed by atoms with Crippen molar-refractivity contribution < 1.29 is 13.9 Å². The summed E-state index contributed by atoms with van der Waals surface area (Å²) in [7, 11) is 1.55. The molecule has 4 rings (SSSR count). The second kappa shape index (κ2) is 6.96. The first-order valence-corrected chi connectivity index (χ1v) is 8.65. The molecule has 0 radical (unpaired) electrons. The third-order valence-electron chi connectivity index (χ3n) is 4.50. The van der Waals surface area contributed by atoms with Crippen LogP contribution in [-0.2, 0) is 6.54 Å². The lowest BCUT2D eigenvalue weighted by atomic mass is 10.2. The number of aryl methyl sites for hydroxylation is 1. The standard InChI is InChI=1S/C21H20N2O3/c1-25-19-16-8-3-5-10-18(16)26-20(19)21(24)22-12-6-13-23-14-11-15-7-2-4-9-17(15)23/h2-5,7-11,14H,6,12-13H2,1H3,(H,22,24). The molecule has 0 fully saturated rings. The second-order valence-corrected chi connectivity index (χ2v) is 6.14. The maximum Gasteiger partial charge on any atom is 0.290 e. The molecule has 2 heterocycles. The van der Waals surface area contributed by atoms with Crippen LogP contribution in [0.2, 0.25) is 0 Å². The number of carbonyl (C=O) groups is 1. The molecule has 2 aromatic heterocycles. The van der Waals surface area contributed by atoms with Gasteiger partial charge in [0.05, 0.1) is 12.5 Å². The molecule has 2 aromatic carbocycles. The van der Waals surface area contributed by atoms with Gasteiger partial charge in [-0.2, -0.15) is 0 Å². The van der Waals surface area contributed by atoms with E-state index in [2.05, 4.69) is 34.3 Å². The monoisotopic (exact) mass is 348 g/mol. The molecule has 5 nitrogen and oxygen atoms in total. The molecule has 0 spiro atoms. The minimum absolute atomic E-state index is 0.222. The Balaban J connectivity index is 1.40. The van der Waals surface area contributed by atoms with Gasteiger partial charge < -0.3 is 19.0 Å². The summed E-state index contributed by atoms with van der Waals surface area (Å²) < 4.78 is 13.2. The Kier molecular flexibility index (Phi) is 4.35. The number of rotatable bonds is 6. The fourth-order valence-corrected chi connectivity index (χ4v) is 3.24. The molecule has 1 N–H and O–H groups in total. The Morgan fingerprint density at radius 1 is 1.12 bits per heavy atom. The van der Waals surface area contributed by atoms with Crippen LogP contribution in [0.15, 0.2) is 65.2 Å². The molecule has 0 saturated carbocycles. The molecular weight excluding hydrogens is 328 g/mol. The molecule has 4 aromatic rings. The summed E-state index contributed by atoms with van der Waals surface area (Å²) in [5.41, 5.74) is 1.85. The van der Waals surface area contributed by atoms with Gasteiger partial charge in [0.25, 0.3) is 5.91 Å². The van der Waals surface area contributed by atoms with Crippen LogP contribution in [0.1, 0.15) is 17.0 Å². The van der Waals surface area contributed by atoms with Crippen molar-refractivity contribution in [2.75, 3.05) is 13.7 Å². The lowest BCUT2D eigenvalue weighted by molar-refractivity contribution is 0.0923. The Bertz CT molecular complexity index is 1060. The number of aromatic nitrogens is 1. The molecule has 0 unspecified atom stereocenters. The highest BCUT2D eigenvalue weighted by Gasteiger charge is 2.20. The summed E-state index contributed by atoms with van der Waals surface area (Å²) in [6.45, 7) is 1.40. The van der Waals surface area contributed by atoms with E-state index in [-0.39, 0.29) is 11.7 Å². The van der Waals surface area contributed by atoms with Crippen molar-refractivity contribution in [3.8, 4) is 5.75 Å². The number of nitrogens with one attached hydrogen (secondary N) is 1. The topological polar surface area (TPSA) is 56.4 Å². The third kappa shape index (κ3) is 2.92. The molecule has 0 atom stereocenters. The lowest BCUT2D eigenvalue weighted by Crippen LogP contribution is -2.25. The number of carbonyl (C=O) groups excluding carboxylic acids is 1. The first-order valence-electron chi connectivity index (χ1n) is 8.65. The number of furan rings is 1. The molecule has 1 amide bonds. The number of para-hydroxylation sites is 2. The van der Waals surface area contributed by atoms with E-state index < -0.39 is 0 Å². The van der Waals surface area contributed by atoms with E-state index in [4.69, 9.17) is 9.15 Å². The highest BCUT2D eigenvalue weighted by atomic mass is 16.5. The maximum absolute atomic E-state index is 12.5. The fraction of sp³-hybridized carbons (Fsp3) is 0.190. The van der Waals surface area contributed by atoms with E-state index in [0.717, 1.165) is 18.4 Å². The lowest BCUT2D eigenvalue weighted by Gasteiger charge is -2.07. The van der Waals surface area contributed by atoms with Gasteiger partial charge in [0.2, 0.25) is 5.76 Å². The van der Waals surface area contributed by atoms with Crippen molar-refractivity contribution in [2.24, 2.45) is 0 Å². The summed E-state index contributed by atoms with van der Waals surface area (Å²) in [5, 5.41) is 4.95. The van der Waals surface area contributed by atoms with Crippen LogP contribution in [0.3, 0.4) is 0 Å². The molecule has 5 heteroatoms. The number of methoxy groups -OCH3 is 1. The maximum atomic E-state index is 12.5. The first-order chi connectivity index (χ1) is 12.8. The summed E-state index contributed by atoms with van der Waals surface area (Å²) in [6.07, 6.45) is 2.90. The van der Waals surface area contributed by atoms with Crippen molar-refractivity contribution >= 4 is 27.8 Å². The number of benzene rings is 2. The SMILES string of the molecule is COc1c(C(=O)NCCCn2ccc3ccccc32)oc2ccccc12. The van der Waals surface area contributed by atoms with Gasteiger partial charge in [-0.1, -0.05) is 30.3 Å². The minimum atomic E-state index is -0.254. The van der Waals surface area contributed by atoms with Crippen molar-refractivity contribution in [3.63, 3.8) is 0 Å². The van der Waals surface area contributed by atoms with Gasteiger partial charge in [0.1, 0.15) is 5.58 Å². The van der Waals surface area contributed by atoms with E-state index in [1.165, 1.54) is 10.9 Å². The molecular formula is C21H20N2O3. The highest BCUT2D eigenvalue weighted by molar-refractivity contribution is 6.01. The van der Waals surface area contributed by atoms with Gasteiger partial charge in [0, 0.05) is 24.8 Å². The van der Waals surface area contributed by atoms with Gasteiger partial charge in [0.15, 0.2) is 5.75 Å². The normalized spacial score (nSPS) is 11.1. The molecule has 0 aliphatic heterocycles. The largest absolute Gasteiger partial charge is 0.492 e. The summed E-state index contributed by atoms with van der Waals surface area (Å²) >= 11 is 0. The van der Waals surface area contributed by atoms with E-state index in [0.29, 0.717) is 17.9 Å². The molecule has 0 bridgehead atoms. The first kappa shape index (κ1) is 16.3. The highest BCUT2D eigenvalue weighted by Crippen LogP contribution is 2.32. The quantitative estimate of drug-likeness (QED) is 0.531.